The molecular weight excluding hydrogens is 358 g/mol. The second-order valence-corrected chi connectivity index (χ2v) is 6.84. The van der Waals surface area contributed by atoms with Crippen molar-refractivity contribution in [3.8, 4) is 11.5 Å². The lowest BCUT2D eigenvalue weighted by molar-refractivity contribution is 0.0888. The molecule has 0 saturated carbocycles. The summed E-state index contributed by atoms with van der Waals surface area (Å²) in [7, 11) is 3.43. The van der Waals surface area contributed by atoms with Crippen molar-refractivity contribution in [1.29, 1.82) is 0 Å². The van der Waals surface area contributed by atoms with Crippen LogP contribution in [-0.2, 0) is 16.0 Å². The number of hydrogen-bond acceptors (Lipinski definition) is 5. The van der Waals surface area contributed by atoms with E-state index in [1.807, 2.05) is 18.2 Å². The molecular formula is C21H35N3O4. The van der Waals surface area contributed by atoms with Gasteiger partial charge in [0, 0.05) is 39.3 Å². The zero-order chi connectivity index (χ0) is 20.0. The quantitative estimate of drug-likeness (QED) is 0.323. The number of aliphatic imine (C=N–C) groups is 1. The molecule has 0 bridgehead atoms. The van der Waals surface area contributed by atoms with E-state index in [9.17, 15) is 0 Å². The molecule has 1 heterocycles. The number of hydrogen-bond donors (Lipinski definition) is 2. The fourth-order valence-corrected chi connectivity index (χ4v) is 2.91. The Morgan fingerprint density at radius 3 is 2.86 bits per heavy atom. The molecule has 0 aromatic heterocycles. The monoisotopic (exact) mass is 393 g/mol. The Morgan fingerprint density at radius 2 is 2.14 bits per heavy atom. The summed E-state index contributed by atoms with van der Waals surface area (Å²) in [6, 6.07) is 5.98. The van der Waals surface area contributed by atoms with Gasteiger partial charge in [0.25, 0.3) is 0 Å². The number of guanidine groups is 1. The first-order chi connectivity index (χ1) is 13.8. The molecule has 0 amide bonds. The standard InChI is InChI=1S/C21H35N3O4/c1-4-10-28-19-7-6-17(13-20(19)25-3)14-24-21(22-2)23-9-5-11-26-15-18-8-12-27-16-18/h6-7,13,18H,4-5,8-12,14-16H2,1-3H3,(H2,22,23,24). The van der Waals surface area contributed by atoms with Crippen molar-refractivity contribution in [3.63, 3.8) is 0 Å². The van der Waals surface area contributed by atoms with Crippen LogP contribution in [0.4, 0.5) is 0 Å². The van der Waals surface area contributed by atoms with E-state index in [0.29, 0.717) is 19.1 Å². The first-order valence-corrected chi connectivity index (χ1v) is 10.2. The number of nitrogens with one attached hydrogen (secondary N) is 2. The molecule has 2 rings (SSSR count). The summed E-state index contributed by atoms with van der Waals surface area (Å²) in [6.07, 6.45) is 3.02. The van der Waals surface area contributed by atoms with E-state index in [1.165, 1.54) is 0 Å². The highest BCUT2D eigenvalue weighted by atomic mass is 16.5. The van der Waals surface area contributed by atoms with E-state index in [0.717, 1.165) is 75.3 Å². The second kappa shape index (κ2) is 13.2. The molecule has 1 fully saturated rings. The molecule has 1 aromatic carbocycles. The Labute approximate surface area is 168 Å². The highest BCUT2D eigenvalue weighted by Crippen LogP contribution is 2.28. The fourth-order valence-electron chi connectivity index (χ4n) is 2.91. The van der Waals surface area contributed by atoms with E-state index in [-0.39, 0.29) is 0 Å². The van der Waals surface area contributed by atoms with Gasteiger partial charge in [-0.15, -0.1) is 0 Å². The van der Waals surface area contributed by atoms with Gasteiger partial charge in [0.05, 0.1) is 26.9 Å². The summed E-state index contributed by atoms with van der Waals surface area (Å²) in [5.41, 5.74) is 1.10. The Balaban J connectivity index is 1.65. The first-order valence-electron chi connectivity index (χ1n) is 10.2. The van der Waals surface area contributed by atoms with Gasteiger partial charge in [-0.3, -0.25) is 4.99 Å². The third-order valence-electron chi connectivity index (χ3n) is 4.51. The summed E-state index contributed by atoms with van der Waals surface area (Å²) in [5.74, 6) is 2.87. The van der Waals surface area contributed by atoms with E-state index in [2.05, 4.69) is 22.5 Å². The third-order valence-corrected chi connectivity index (χ3v) is 4.51. The van der Waals surface area contributed by atoms with Crippen LogP contribution in [0, 0.1) is 5.92 Å². The topological polar surface area (TPSA) is 73.3 Å². The Hall–Kier alpha value is -1.99. The van der Waals surface area contributed by atoms with Gasteiger partial charge < -0.3 is 29.6 Å². The van der Waals surface area contributed by atoms with Crippen LogP contribution in [0.1, 0.15) is 31.7 Å². The predicted molar refractivity (Wildman–Crippen MR) is 111 cm³/mol. The average molecular weight is 394 g/mol. The van der Waals surface area contributed by atoms with Gasteiger partial charge in [-0.25, -0.2) is 0 Å². The van der Waals surface area contributed by atoms with Crippen LogP contribution >= 0.6 is 0 Å². The maximum Gasteiger partial charge on any atom is 0.191 e. The Kier molecular flexibility index (Phi) is 10.5. The third kappa shape index (κ3) is 7.94. The number of methoxy groups -OCH3 is 1. The van der Waals surface area contributed by atoms with Gasteiger partial charge in [-0.1, -0.05) is 13.0 Å². The molecule has 0 spiro atoms. The Bertz CT molecular complexity index is 589. The minimum absolute atomic E-state index is 0.568. The number of benzene rings is 1. The van der Waals surface area contributed by atoms with Crippen molar-refractivity contribution < 1.29 is 18.9 Å². The molecule has 2 N–H and O–H groups in total. The summed E-state index contributed by atoms with van der Waals surface area (Å²) < 4.78 is 22.2. The predicted octanol–water partition coefficient (Wildman–Crippen LogP) is 2.59. The maximum absolute atomic E-state index is 5.72. The van der Waals surface area contributed by atoms with Gasteiger partial charge in [0.2, 0.25) is 0 Å². The zero-order valence-electron chi connectivity index (χ0n) is 17.5. The highest BCUT2D eigenvalue weighted by molar-refractivity contribution is 5.79. The normalized spacial score (nSPS) is 16.8. The second-order valence-electron chi connectivity index (χ2n) is 6.84. The molecule has 1 atom stereocenters. The summed E-state index contributed by atoms with van der Waals surface area (Å²) >= 11 is 0. The summed E-state index contributed by atoms with van der Waals surface area (Å²) in [4.78, 5) is 4.27. The maximum atomic E-state index is 5.72. The summed E-state index contributed by atoms with van der Waals surface area (Å²) in [6.45, 7) is 7.49. The van der Waals surface area contributed by atoms with Crippen molar-refractivity contribution in [3.05, 3.63) is 23.8 Å². The molecule has 7 heteroatoms. The van der Waals surface area contributed by atoms with Crippen LogP contribution in [0.3, 0.4) is 0 Å². The largest absolute Gasteiger partial charge is 0.493 e. The smallest absolute Gasteiger partial charge is 0.191 e. The average Bonchev–Trinajstić information content (AvgIpc) is 3.25. The minimum atomic E-state index is 0.568. The van der Waals surface area contributed by atoms with Gasteiger partial charge in [-0.05, 0) is 37.0 Å². The van der Waals surface area contributed by atoms with E-state index in [1.54, 1.807) is 14.2 Å². The van der Waals surface area contributed by atoms with Crippen LogP contribution in [-0.4, -0.2) is 59.7 Å². The molecule has 1 aromatic rings. The molecule has 158 valence electrons. The van der Waals surface area contributed by atoms with E-state index >= 15 is 0 Å². The van der Waals surface area contributed by atoms with Gasteiger partial charge >= 0.3 is 0 Å². The van der Waals surface area contributed by atoms with Gasteiger partial charge in [0.15, 0.2) is 17.5 Å². The van der Waals surface area contributed by atoms with E-state index in [4.69, 9.17) is 18.9 Å². The summed E-state index contributed by atoms with van der Waals surface area (Å²) in [5, 5.41) is 6.63. The van der Waals surface area contributed by atoms with E-state index < -0.39 is 0 Å². The zero-order valence-corrected chi connectivity index (χ0v) is 17.5. The van der Waals surface area contributed by atoms with Crippen LogP contribution in [0.2, 0.25) is 0 Å². The molecule has 1 aliphatic heterocycles. The molecule has 1 unspecified atom stereocenters. The SMILES string of the molecule is CCCOc1ccc(CNC(=NC)NCCCOCC2CCOC2)cc1OC. The molecule has 1 saturated heterocycles. The highest BCUT2D eigenvalue weighted by Gasteiger charge is 2.15. The number of nitrogens with zero attached hydrogens (tertiary/aromatic N) is 1. The van der Waals surface area contributed by atoms with Crippen molar-refractivity contribution in [2.45, 2.75) is 32.7 Å². The molecule has 1 aliphatic rings. The Morgan fingerprint density at radius 1 is 1.25 bits per heavy atom. The van der Waals surface area contributed by atoms with Crippen LogP contribution in [0.5, 0.6) is 11.5 Å². The van der Waals surface area contributed by atoms with Crippen molar-refractivity contribution in [2.24, 2.45) is 10.9 Å². The molecule has 0 aliphatic carbocycles. The molecule has 7 nitrogen and oxygen atoms in total. The lowest BCUT2D eigenvalue weighted by atomic mass is 10.1. The molecule has 0 radical (unpaired) electrons. The van der Waals surface area contributed by atoms with Crippen molar-refractivity contribution in [2.75, 3.05) is 53.7 Å². The molecule has 28 heavy (non-hydrogen) atoms. The fraction of sp³-hybridized carbons (Fsp3) is 0.667. The van der Waals surface area contributed by atoms with Gasteiger partial charge in [0.1, 0.15) is 0 Å². The first kappa shape index (κ1) is 22.3. The van der Waals surface area contributed by atoms with Gasteiger partial charge in [-0.2, -0.15) is 0 Å². The lowest BCUT2D eigenvalue weighted by Crippen LogP contribution is -2.37. The number of ether oxygens (including phenoxy) is 4. The van der Waals surface area contributed by atoms with Crippen molar-refractivity contribution >= 4 is 5.96 Å². The van der Waals surface area contributed by atoms with Crippen LogP contribution in [0.25, 0.3) is 0 Å². The van der Waals surface area contributed by atoms with Crippen LogP contribution < -0.4 is 20.1 Å². The number of rotatable bonds is 12. The lowest BCUT2D eigenvalue weighted by Gasteiger charge is -2.14. The van der Waals surface area contributed by atoms with Crippen molar-refractivity contribution in [1.82, 2.24) is 10.6 Å². The van der Waals surface area contributed by atoms with Crippen LogP contribution in [0.15, 0.2) is 23.2 Å². The minimum Gasteiger partial charge on any atom is -0.493 e.